The van der Waals surface area contributed by atoms with Crippen LogP contribution in [0.5, 0.6) is 0 Å². The highest BCUT2D eigenvalue weighted by Gasteiger charge is 2.31. The second-order valence-corrected chi connectivity index (χ2v) is 5.22. The zero-order valence-corrected chi connectivity index (χ0v) is 10.8. The Bertz CT molecular complexity index is 540. The Morgan fingerprint density at radius 3 is 2.61 bits per heavy atom. The summed E-state index contributed by atoms with van der Waals surface area (Å²) in [6.07, 6.45) is 2.63. The van der Waals surface area contributed by atoms with Gasteiger partial charge in [-0.05, 0) is 36.2 Å². The third kappa shape index (κ3) is 2.02. The summed E-state index contributed by atoms with van der Waals surface area (Å²) in [5.41, 5.74) is 7.39. The van der Waals surface area contributed by atoms with E-state index in [1.165, 1.54) is 29.2 Å². The third-order valence-corrected chi connectivity index (χ3v) is 4.02. The van der Waals surface area contributed by atoms with Crippen molar-refractivity contribution in [2.24, 2.45) is 5.73 Å². The minimum atomic E-state index is 0.337. The number of nitrogens with two attached hydrogens (primary N) is 1. The molecule has 0 aliphatic heterocycles. The van der Waals surface area contributed by atoms with E-state index in [2.05, 4.69) is 54.4 Å². The van der Waals surface area contributed by atoms with Crippen molar-refractivity contribution in [1.82, 2.24) is 4.90 Å². The highest BCUT2D eigenvalue weighted by atomic mass is 15.2. The summed E-state index contributed by atoms with van der Waals surface area (Å²) in [5.74, 6) is 0. The van der Waals surface area contributed by atoms with E-state index in [1.807, 2.05) is 0 Å². The maximum absolute atomic E-state index is 6.02. The van der Waals surface area contributed by atoms with Gasteiger partial charge in [0.25, 0.3) is 0 Å². The van der Waals surface area contributed by atoms with Gasteiger partial charge in [0.05, 0.1) is 0 Å². The zero-order valence-electron chi connectivity index (χ0n) is 10.8. The van der Waals surface area contributed by atoms with Gasteiger partial charge >= 0.3 is 0 Å². The molecule has 0 heterocycles. The number of rotatable bonds is 4. The molecule has 2 nitrogen and oxygen atoms in total. The van der Waals surface area contributed by atoms with Crippen molar-refractivity contribution >= 4 is 10.8 Å². The molecule has 2 aromatic rings. The van der Waals surface area contributed by atoms with Crippen LogP contribution in [0.2, 0.25) is 0 Å². The van der Waals surface area contributed by atoms with Gasteiger partial charge in [-0.25, -0.2) is 0 Å². The molecule has 3 rings (SSSR count). The quantitative estimate of drug-likeness (QED) is 0.890. The first-order valence-electron chi connectivity index (χ1n) is 6.71. The smallest absolute Gasteiger partial charge is 0.0476 e. The average molecular weight is 240 g/mol. The molecular formula is C16H20N2. The van der Waals surface area contributed by atoms with Crippen molar-refractivity contribution in [3.8, 4) is 0 Å². The van der Waals surface area contributed by atoms with Crippen molar-refractivity contribution in [3.05, 3.63) is 48.0 Å². The van der Waals surface area contributed by atoms with Crippen LogP contribution >= 0.6 is 0 Å². The Morgan fingerprint density at radius 2 is 1.89 bits per heavy atom. The van der Waals surface area contributed by atoms with Crippen molar-refractivity contribution in [2.45, 2.75) is 24.9 Å². The standard InChI is InChI=1S/C16H20N2/c1-18(13-9-10-13)16(11-17)15-8-4-6-12-5-2-3-7-14(12)15/h2-8,13,16H,9-11,17H2,1H3. The Kier molecular flexibility index (Phi) is 3.06. The topological polar surface area (TPSA) is 29.3 Å². The van der Waals surface area contributed by atoms with Crippen LogP contribution < -0.4 is 5.73 Å². The molecule has 2 heteroatoms. The fourth-order valence-electron chi connectivity index (χ4n) is 2.79. The van der Waals surface area contributed by atoms with Crippen LogP contribution in [0.4, 0.5) is 0 Å². The van der Waals surface area contributed by atoms with Gasteiger partial charge < -0.3 is 5.73 Å². The maximum atomic E-state index is 6.02. The van der Waals surface area contributed by atoms with Crippen molar-refractivity contribution in [3.63, 3.8) is 0 Å². The van der Waals surface area contributed by atoms with Crippen LogP contribution in [0.25, 0.3) is 10.8 Å². The number of nitrogens with zero attached hydrogens (tertiary/aromatic N) is 1. The lowest BCUT2D eigenvalue weighted by Gasteiger charge is -2.28. The van der Waals surface area contributed by atoms with E-state index in [0.717, 1.165) is 6.04 Å². The monoisotopic (exact) mass is 240 g/mol. The fourth-order valence-corrected chi connectivity index (χ4v) is 2.79. The van der Waals surface area contributed by atoms with Crippen molar-refractivity contribution in [1.29, 1.82) is 0 Å². The molecule has 1 aliphatic rings. The molecule has 0 amide bonds. The van der Waals surface area contributed by atoms with Gasteiger partial charge in [-0.2, -0.15) is 0 Å². The van der Waals surface area contributed by atoms with Crippen LogP contribution in [-0.2, 0) is 0 Å². The SMILES string of the molecule is CN(C1CC1)C(CN)c1cccc2ccccc12. The van der Waals surface area contributed by atoms with E-state index < -0.39 is 0 Å². The summed E-state index contributed by atoms with van der Waals surface area (Å²) in [5, 5.41) is 2.64. The van der Waals surface area contributed by atoms with Crippen LogP contribution in [0.3, 0.4) is 0 Å². The predicted octanol–water partition coefficient (Wildman–Crippen LogP) is 2.93. The van der Waals surface area contributed by atoms with E-state index in [-0.39, 0.29) is 0 Å². The van der Waals surface area contributed by atoms with E-state index in [1.54, 1.807) is 0 Å². The number of hydrogen-bond donors (Lipinski definition) is 1. The van der Waals surface area contributed by atoms with Gasteiger partial charge in [-0.15, -0.1) is 0 Å². The van der Waals surface area contributed by atoms with Gasteiger partial charge in [0, 0.05) is 18.6 Å². The fraction of sp³-hybridized carbons (Fsp3) is 0.375. The molecule has 0 bridgehead atoms. The van der Waals surface area contributed by atoms with E-state index in [0.29, 0.717) is 12.6 Å². The molecule has 1 atom stereocenters. The van der Waals surface area contributed by atoms with Crippen molar-refractivity contribution in [2.75, 3.05) is 13.6 Å². The predicted molar refractivity (Wildman–Crippen MR) is 76.5 cm³/mol. The second-order valence-electron chi connectivity index (χ2n) is 5.22. The molecule has 94 valence electrons. The highest BCUT2D eigenvalue weighted by Crippen LogP contribution is 2.34. The summed E-state index contributed by atoms with van der Waals surface area (Å²) in [6.45, 7) is 0.682. The number of benzene rings is 2. The van der Waals surface area contributed by atoms with E-state index >= 15 is 0 Å². The summed E-state index contributed by atoms with van der Waals surface area (Å²) >= 11 is 0. The van der Waals surface area contributed by atoms with Crippen LogP contribution in [0.15, 0.2) is 42.5 Å². The Balaban J connectivity index is 2.05. The molecule has 2 aromatic carbocycles. The normalized spacial score (nSPS) is 17.3. The molecule has 0 saturated heterocycles. The molecule has 1 fully saturated rings. The summed E-state index contributed by atoms with van der Waals surface area (Å²) < 4.78 is 0. The lowest BCUT2D eigenvalue weighted by molar-refractivity contribution is 0.241. The van der Waals surface area contributed by atoms with Crippen molar-refractivity contribution < 1.29 is 0 Å². The average Bonchev–Trinajstić information content (AvgIpc) is 3.24. The minimum Gasteiger partial charge on any atom is -0.329 e. The third-order valence-electron chi connectivity index (χ3n) is 4.02. The molecular weight excluding hydrogens is 220 g/mol. The lowest BCUT2D eigenvalue weighted by atomic mass is 9.98. The van der Waals surface area contributed by atoms with Gasteiger partial charge in [-0.3, -0.25) is 4.90 Å². The summed E-state index contributed by atoms with van der Waals surface area (Å²) in [4.78, 5) is 2.45. The molecule has 0 aromatic heterocycles. The number of likely N-dealkylation sites (N-methyl/N-ethyl adjacent to an activating group) is 1. The summed E-state index contributed by atoms with van der Waals surface area (Å²) in [6, 6.07) is 16.2. The number of hydrogen-bond acceptors (Lipinski definition) is 2. The van der Waals surface area contributed by atoms with Gasteiger partial charge in [0.15, 0.2) is 0 Å². The van der Waals surface area contributed by atoms with Gasteiger partial charge in [-0.1, -0.05) is 42.5 Å². The van der Waals surface area contributed by atoms with Crippen LogP contribution in [-0.4, -0.2) is 24.5 Å². The first-order valence-corrected chi connectivity index (χ1v) is 6.71. The molecule has 1 unspecified atom stereocenters. The van der Waals surface area contributed by atoms with Crippen LogP contribution in [0, 0.1) is 0 Å². The molecule has 1 aliphatic carbocycles. The molecule has 2 N–H and O–H groups in total. The Hall–Kier alpha value is -1.38. The first-order chi connectivity index (χ1) is 8.81. The maximum Gasteiger partial charge on any atom is 0.0476 e. The Labute approximate surface area is 108 Å². The van der Waals surface area contributed by atoms with Crippen LogP contribution in [0.1, 0.15) is 24.4 Å². The largest absolute Gasteiger partial charge is 0.329 e. The summed E-state index contributed by atoms with van der Waals surface area (Å²) in [7, 11) is 2.21. The zero-order chi connectivity index (χ0) is 12.5. The highest BCUT2D eigenvalue weighted by molar-refractivity contribution is 5.86. The van der Waals surface area contributed by atoms with Gasteiger partial charge in [0.1, 0.15) is 0 Å². The second kappa shape index (κ2) is 4.71. The lowest BCUT2D eigenvalue weighted by Crippen LogP contribution is -2.32. The van der Waals surface area contributed by atoms with E-state index in [9.17, 15) is 0 Å². The molecule has 0 radical (unpaired) electrons. The van der Waals surface area contributed by atoms with E-state index in [4.69, 9.17) is 5.73 Å². The minimum absolute atomic E-state index is 0.337. The molecule has 1 saturated carbocycles. The Morgan fingerprint density at radius 1 is 1.17 bits per heavy atom. The molecule has 18 heavy (non-hydrogen) atoms. The number of fused-ring (bicyclic) bond motifs is 1. The van der Waals surface area contributed by atoms with Gasteiger partial charge in [0.2, 0.25) is 0 Å². The molecule has 0 spiro atoms. The first kappa shape index (κ1) is 11.7.